The summed E-state index contributed by atoms with van der Waals surface area (Å²) < 4.78 is 1.61. The van der Waals surface area contributed by atoms with Gasteiger partial charge in [-0.15, -0.1) is 0 Å². The number of rotatable bonds is 4. The zero-order chi connectivity index (χ0) is 19.0. The van der Waals surface area contributed by atoms with Crippen LogP contribution in [0.1, 0.15) is 61.8 Å². The zero-order valence-corrected chi connectivity index (χ0v) is 18.6. The van der Waals surface area contributed by atoms with E-state index >= 15 is 0 Å². The van der Waals surface area contributed by atoms with Crippen LogP contribution >= 0.6 is 23.2 Å². The molecule has 0 saturated carbocycles. The molecule has 2 N–H and O–H groups in total. The van der Waals surface area contributed by atoms with Crippen LogP contribution in [-0.4, -0.2) is 25.2 Å². The van der Waals surface area contributed by atoms with Gasteiger partial charge in [0.15, 0.2) is 0 Å². The third-order valence-corrected chi connectivity index (χ3v) is 8.13. The van der Waals surface area contributed by atoms with Gasteiger partial charge in [0.2, 0.25) is 0 Å². The van der Waals surface area contributed by atoms with Gasteiger partial charge < -0.3 is 0 Å². The molecule has 0 aliphatic heterocycles. The van der Waals surface area contributed by atoms with Crippen molar-refractivity contribution in [2.24, 2.45) is 0 Å². The van der Waals surface area contributed by atoms with E-state index in [2.05, 4.69) is 0 Å². The fourth-order valence-corrected chi connectivity index (χ4v) is 5.80. The van der Waals surface area contributed by atoms with Crippen molar-refractivity contribution in [2.45, 2.75) is 53.4 Å². The Bertz CT molecular complexity index is 747. The van der Waals surface area contributed by atoms with E-state index in [4.69, 9.17) is 23.2 Å². The number of phenols is 2. The summed E-state index contributed by atoms with van der Waals surface area (Å²) in [6, 6.07) is 3.67. The second-order valence-electron chi connectivity index (χ2n) is 6.91. The van der Waals surface area contributed by atoms with E-state index in [0.29, 0.717) is 10.0 Å². The van der Waals surface area contributed by atoms with Crippen LogP contribution < -0.4 is 8.92 Å². The summed E-state index contributed by atoms with van der Waals surface area (Å²) >= 11 is 12.5. The second kappa shape index (κ2) is 7.80. The van der Waals surface area contributed by atoms with Crippen molar-refractivity contribution in [2.75, 3.05) is 0 Å². The Morgan fingerprint density at radius 2 is 1.08 bits per heavy atom. The fourth-order valence-electron chi connectivity index (χ4n) is 2.69. The van der Waals surface area contributed by atoms with Crippen molar-refractivity contribution in [1.29, 1.82) is 0 Å². The van der Waals surface area contributed by atoms with Crippen LogP contribution in [0.25, 0.3) is 0 Å². The Balaban J connectivity index is 2.69. The van der Waals surface area contributed by atoms with Crippen molar-refractivity contribution in [3.63, 3.8) is 0 Å². The Kier molecular flexibility index (Phi) is 6.38. The standard InChI is InChI=1S/C20H24Cl2O2Se/c1-9(2)13-7-15(21)11(5)19(17(13)23)25-20-12(6)16(22)8-14(10(3)4)18(20)24/h7-10,23-24H,1-6H3. The molecule has 0 aliphatic carbocycles. The minimum atomic E-state index is -0.314. The summed E-state index contributed by atoms with van der Waals surface area (Å²) in [6.07, 6.45) is 0. The number of halogens is 2. The average molecular weight is 446 g/mol. The molecule has 0 fully saturated rings. The molecule has 2 aromatic rings. The fraction of sp³-hybridized carbons (Fsp3) is 0.400. The quantitative estimate of drug-likeness (QED) is 0.655. The van der Waals surface area contributed by atoms with E-state index < -0.39 is 0 Å². The molecule has 0 radical (unpaired) electrons. The molecule has 0 atom stereocenters. The van der Waals surface area contributed by atoms with Crippen LogP contribution in [0.5, 0.6) is 11.5 Å². The van der Waals surface area contributed by atoms with Crippen LogP contribution in [-0.2, 0) is 0 Å². The van der Waals surface area contributed by atoms with E-state index in [1.807, 2.05) is 53.7 Å². The summed E-state index contributed by atoms with van der Waals surface area (Å²) in [5, 5.41) is 22.9. The molecule has 0 unspecified atom stereocenters. The Morgan fingerprint density at radius 1 is 0.760 bits per heavy atom. The summed E-state index contributed by atoms with van der Waals surface area (Å²) in [7, 11) is 0. The van der Waals surface area contributed by atoms with Gasteiger partial charge in [-0.2, -0.15) is 0 Å². The van der Waals surface area contributed by atoms with Gasteiger partial charge in [-0.1, -0.05) is 0 Å². The Labute approximate surface area is 166 Å². The van der Waals surface area contributed by atoms with Crippen molar-refractivity contribution >= 4 is 47.1 Å². The Hall–Kier alpha value is -0.861. The van der Waals surface area contributed by atoms with E-state index in [1.54, 1.807) is 0 Å². The monoisotopic (exact) mass is 446 g/mol. The SMILES string of the molecule is Cc1c(Cl)cc(C(C)C)c(O)c1[Se]c1c(C)c(Cl)cc(C(C)C)c1O. The first-order chi connectivity index (χ1) is 11.6. The summed E-state index contributed by atoms with van der Waals surface area (Å²) in [5.41, 5.74) is 3.37. The zero-order valence-electron chi connectivity index (χ0n) is 15.4. The molecule has 0 aromatic heterocycles. The normalized spacial score (nSPS) is 11.6. The molecule has 0 amide bonds. The number of hydrogen-bond donors (Lipinski definition) is 2. The van der Waals surface area contributed by atoms with Gasteiger partial charge in [0.05, 0.1) is 0 Å². The molecule has 136 valence electrons. The van der Waals surface area contributed by atoms with Gasteiger partial charge in [-0.05, 0) is 0 Å². The van der Waals surface area contributed by atoms with E-state index in [-0.39, 0.29) is 38.3 Å². The molecule has 2 rings (SSSR count). The van der Waals surface area contributed by atoms with Gasteiger partial charge in [0.1, 0.15) is 0 Å². The van der Waals surface area contributed by atoms with Crippen LogP contribution in [0.3, 0.4) is 0 Å². The maximum atomic E-state index is 10.8. The molecule has 25 heavy (non-hydrogen) atoms. The van der Waals surface area contributed by atoms with Crippen LogP contribution in [0.15, 0.2) is 12.1 Å². The third kappa shape index (κ3) is 3.95. The molecule has 0 spiro atoms. The summed E-state index contributed by atoms with van der Waals surface area (Å²) in [6.45, 7) is 11.9. The van der Waals surface area contributed by atoms with Gasteiger partial charge in [0, 0.05) is 0 Å². The van der Waals surface area contributed by atoms with Crippen molar-refractivity contribution in [3.8, 4) is 11.5 Å². The molecular weight excluding hydrogens is 422 g/mol. The Morgan fingerprint density at radius 3 is 1.36 bits per heavy atom. The molecular formula is C20H24Cl2O2Se. The van der Waals surface area contributed by atoms with Crippen LogP contribution in [0.4, 0.5) is 0 Å². The van der Waals surface area contributed by atoms with E-state index in [0.717, 1.165) is 31.2 Å². The first-order valence-electron chi connectivity index (χ1n) is 8.27. The first kappa shape index (κ1) is 20.5. The second-order valence-corrected chi connectivity index (χ2v) is 9.87. The molecule has 0 saturated heterocycles. The maximum absolute atomic E-state index is 10.8. The van der Waals surface area contributed by atoms with Crippen molar-refractivity contribution < 1.29 is 10.2 Å². The van der Waals surface area contributed by atoms with Gasteiger partial charge >= 0.3 is 167 Å². The molecule has 5 heteroatoms. The van der Waals surface area contributed by atoms with Gasteiger partial charge in [-0.3, -0.25) is 0 Å². The van der Waals surface area contributed by atoms with Crippen molar-refractivity contribution in [1.82, 2.24) is 0 Å². The summed E-state index contributed by atoms with van der Waals surface area (Å²) in [4.78, 5) is 0. The molecule has 2 aromatic carbocycles. The molecule has 0 bridgehead atoms. The number of hydrogen-bond acceptors (Lipinski definition) is 2. The van der Waals surface area contributed by atoms with Crippen molar-refractivity contribution in [3.05, 3.63) is 44.4 Å². The number of aromatic hydroxyl groups is 2. The molecule has 0 aliphatic rings. The average Bonchev–Trinajstić information content (AvgIpc) is 2.53. The van der Waals surface area contributed by atoms with Gasteiger partial charge in [-0.25, -0.2) is 0 Å². The van der Waals surface area contributed by atoms with E-state index in [1.165, 1.54) is 0 Å². The van der Waals surface area contributed by atoms with Crippen LogP contribution in [0.2, 0.25) is 10.0 Å². The van der Waals surface area contributed by atoms with Crippen LogP contribution in [0, 0.1) is 13.8 Å². The predicted molar refractivity (Wildman–Crippen MR) is 109 cm³/mol. The minimum absolute atomic E-state index is 0.160. The van der Waals surface area contributed by atoms with Gasteiger partial charge in [0.25, 0.3) is 0 Å². The molecule has 2 nitrogen and oxygen atoms in total. The topological polar surface area (TPSA) is 40.5 Å². The first-order valence-corrected chi connectivity index (χ1v) is 10.7. The van der Waals surface area contributed by atoms with E-state index in [9.17, 15) is 10.2 Å². The number of benzene rings is 2. The number of phenolic OH excluding ortho intramolecular Hbond substituents is 2. The third-order valence-electron chi connectivity index (χ3n) is 4.39. The summed E-state index contributed by atoms with van der Waals surface area (Å²) in [5.74, 6) is 0.879. The molecule has 0 heterocycles. The predicted octanol–water partition coefficient (Wildman–Crippen LogP) is 4.92.